The Morgan fingerprint density at radius 1 is 1.61 bits per heavy atom. The van der Waals surface area contributed by atoms with Crippen LogP contribution in [0, 0.1) is 13.8 Å². The minimum atomic E-state index is -0.557. The Labute approximate surface area is 107 Å². The number of carbonyl (C=O) groups excluding carboxylic acids is 1. The average molecular weight is 254 g/mol. The second-order valence-electron chi connectivity index (χ2n) is 4.25. The monoisotopic (exact) mass is 254 g/mol. The zero-order valence-corrected chi connectivity index (χ0v) is 11.3. The van der Waals surface area contributed by atoms with Crippen molar-refractivity contribution in [1.29, 1.82) is 0 Å². The van der Waals surface area contributed by atoms with Crippen LogP contribution in [0.15, 0.2) is 6.07 Å². The first-order valence-corrected chi connectivity index (χ1v) is 6.10. The predicted octanol–water partition coefficient (Wildman–Crippen LogP) is -0.0201. The number of amides is 1. The highest BCUT2D eigenvalue weighted by Crippen LogP contribution is 2.02. The van der Waals surface area contributed by atoms with Crippen molar-refractivity contribution in [1.82, 2.24) is 15.1 Å². The van der Waals surface area contributed by atoms with Crippen LogP contribution in [0.2, 0.25) is 0 Å². The van der Waals surface area contributed by atoms with Crippen molar-refractivity contribution >= 4 is 5.91 Å². The second-order valence-corrected chi connectivity index (χ2v) is 4.25. The van der Waals surface area contributed by atoms with Crippen LogP contribution in [-0.2, 0) is 16.1 Å². The van der Waals surface area contributed by atoms with E-state index >= 15 is 0 Å². The minimum Gasteiger partial charge on any atom is -0.370 e. The molecule has 1 unspecified atom stereocenters. The highest BCUT2D eigenvalue weighted by Gasteiger charge is 2.14. The van der Waals surface area contributed by atoms with Crippen molar-refractivity contribution < 1.29 is 9.53 Å². The summed E-state index contributed by atoms with van der Waals surface area (Å²) in [5.74, 6) is -0.159. The number of aromatic nitrogens is 2. The summed E-state index contributed by atoms with van der Waals surface area (Å²) >= 11 is 0. The Balaban J connectivity index is 2.26. The summed E-state index contributed by atoms with van der Waals surface area (Å²) in [7, 11) is 1.48. The van der Waals surface area contributed by atoms with Gasteiger partial charge in [-0.15, -0.1) is 0 Å². The molecule has 0 saturated carbocycles. The molecule has 0 spiro atoms. The van der Waals surface area contributed by atoms with Gasteiger partial charge in [0.2, 0.25) is 5.91 Å². The Kier molecular flexibility index (Phi) is 5.80. The van der Waals surface area contributed by atoms with E-state index in [4.69, 9.17) is 10.5 Å². The van der Waals surface area contributed by atoms with Gasteiger partial charge in [-0.05, 0) is 26.3 Å². The molecule has 0 aliphatic carbocycles. The van der Waals surface area contributed by atoms with Gasteiger partial charge < -0.3 is 15.8 Å². The van der Waals surface area contributed by atoms with Crippen molar-refractivity contribution in [3.8, 4) is 0 Å². The van der Waals surface area contributed by atoms with Crippen LogP contribution >= 0.6 is 0 Å². The molecular formula is C12H22N4O2. The van der Waals surface area contributed by atoms with Gasteiger partial charge in [-0.2, -0.15) is 5.10 Å². The van der Waals surface area contributed by atoms with E-state index in [1.54, 1.807) is 0 Å². The Morgan fingerprint density at radius 3 is 2.83 bits per heavy atom. The fourth-order valence-electron chi connectivity index (χ4n) is 1.77. The van der Waals surface area contributed by atoms with E-state index in [0.717, 1.165) is 24.4 Å². The van der Waals surface area contributed by atoms with E-state index < -0.39 is 6.10 Å². The van der Waals surface area contributed by atoms with Crippen molar-refractivity contribution in [2.45, 2.75) is 32.9 Å². The van der Waals surface area contributed by atoms with Crippen LogP contribution in [0.4, 0.5) is 0 Å². The fourth-order valence-corrected chi connectivity index (χ4v) is 1.77. The topological polar surface area (TPSA) is 82.2 Å². The number of aryl methyl sites for hydroxylation is 3. The number of nitrogens with one attached hydrogen (secondary N) is 1. The number of hydrogen-bond donors (Lipinski definition) is 2. The van der Waals surface area contributed by atoms with E-state index in [0.29, 0.717) is 6.54 Å². The largest absolute Gasteiger partial charge is 0.370 e. The van der Waals surface area contributed by atoms with Gasteiger partial charge in [0.15, 0.2) is 0 Å². The molecule has 1 atom stereocenters. The predicted molar refractivity (Wildman–Crippen MR) is 69.2 cm³/mol. The summed E-state index contributed by atoms with van der Waals surface area (Å²) in [6.45, 7) is 5.57. The molecule has 1 heterocycles. The first-order valence-electron chi connectivity index (χ1n) is 6.10. The summed E-state index contributed by atoms with van der Waals surface area (Å²) in [5, 5.41) is 7.15. The quantitative estimate of drug-likeness (QED) is 0.670. The zero-order chi connectivity index (χ0) is 13.5. The maximum absolute atomic E-state index is 11.5. The van der Waals surface area contributed by atoms with Crippen molar-refractivity contribution in [2.24, 2.45) is 5.73 Å². The molecule has 1 aromatic heterocycles. The van der Waals surface area contributed by atoms with Gasteiger partial charge in [0.25, 0.3) is 0 Å². The van der Waals surface area contributed by atoms with E-state index in [1.807, 2.05) is 24.6 Å². The zero-order valence-electron chi connectivity index (χ0n) is 11.3. The normalized spacial score (nSPS) is 12.4. The first-order chi connectivity index (χ1) is 8.58. The highest BCUT2D eigenvalue weighted by atomic mass is 16.5. The summed E-state index contributed by atoms with van der Waals surface area (Å²) in [6, 6.07) is 2.04. The highest BCUT2D eigenvalue weighted by molar-refractivity contribution is 5.80. The third-order valence-electron chi connectivity index (χ3n) is 2.74. The first kappa shape index (κ1) is 14.7. The number of methoxy groups -OCH3 is 1. The van der Waals surface area contributed by atoms with E-state index in [-0.39, 0.29) is 12.5 Å². The molecule has 0 aliphatic heterocycles. The lowest BCUT2D eigenvalue weighted by Crippen LogP contribution is -2.41. The second kappa shape index (κ2) is 7.13. The van der Waals surface area contributed by atoms with Gasteiger partial charge in [-0.1, -0.05) is 0 Å². The summed E-state index contributed by atoms with van der Waals surface area (Å²) < 4.78 is 6.89. The molecule has 6 nitrogen and oxygen atoms in total. The van der Waals surface area contributed by atoms with Crippen LogP contribution in [0.1, 0.15) is 17.8 Å². The molecule has 0 aliphatic rings. The fraction of sp³-hybridized carbons (Fsp3) is 0.667. The molecule has 3 N–H and O–H groups in total. The van der Waals surface area contributed by atoms with Crippen molar-refractivity contribution in [3.63, 3.8) is 0 Å². The lowest BCUT2D eigenvalue weighted by Gasteiger charge is -2.13. The van der Waals surface area contributed by atoms with Crippen molar-refractivity contribution in [2.75, 3.05) is 20.2 Å². The third-order valence-corrected chi connectivity index (χ3v) is 2.74. The molecule has 1 aromatic rings. The molecule has 0 fully saturated rings. The van der Waals surface area contributed by atoms with Gasteiger partial charge >= 0.3 is 0 Å². The van der Waals surface area contributed by atoms with Gasteiger partial charge in [0.05, 0.1) is 5.69 Å². The van der Waals surface area contributed by atoms with E-state index in [1.165, 1.54) is 7.11 Å². The molecule has 0 bridgehead atoms. The van der Waals surface area contributed by atoms with Gasteiger partial charge in [0.1, 0.15) is 6.10 Å². The molecule has 1 amide bonds. The van der Waals surface area contributed by atoms with Crippen LogP contribution in [0.25, 0.3) is 0 Å². The Morgan fingerprint density at radius 2 is 2.33 bits per heavy atom. The molecule has 0 radical (unpaired) electrons. The van der Waals surface area contributed by atoms with Crippen LogP contribution < -0.4 is 11.1 Å². The molecular weight excluding hydrogens is 232 g/mol. The number of rotatable bonds is 7. The van der Waals surface area contributed by atoms with Gasteiger partial charge in [-0.3, -0.25) is 9.48 Å². The Bertz CT molecular complexity index is 385. The van der Waals surface area contributed by atoms with E-state index in [2.05, 4.69) is 10.4 Å². The van der Waals surface area contributed by atoms with Crippen LogP contribution in [0.5, 0.6) is 0 Å². The minimum absolute atomic E-state index is 0.159. The number of carbonyl (C=O) groups is 1. The van der Waals surface area contributed by atoms with Crippen LogP contribution in [-0.4, -0.2) is 42.0 Å². The molecule has 1 rings (SSSR count). The number of ether oxygens (including phenoxy) is 1. The summed E-state index contributed by atoms with van der Waals surface area (Å²) in [4.78, 5) is 11.5. The SMILES string of the molecule is COC(CN)C(=O)NCCCn1nc(C)cc1C. The smallest absolute Gasteiger partial charge is 0.250 e. The average Bonchev–Trinajstić information content (AvgIpc) is 2.65. The standard InChI is InChI=1S/C12H22N4O2/c1-9-7-10(2)16(15-9)6-4-5-14-12(17)11(8-13)18-3/h7,11H,4-6,8,13H2,1-3H3,(H,14,17). The molecule has 18 heavy (non-hydrogen) atoms. The molecule has 0 aromatic carbocycles. The Hall–Kier alpha value is -1.40. The summed E-state index contributed by atoms with van der Waals surface area (Å²) in [6.07, 6.45) is 0.271. The number of nitrogens with two attached hydrogens (primary N) is 1. The molecule has 6 heteroatoms. The molecule has 0 saturated heterocycles. The van der Waals surface area contributed by atoms with Crippen LogP contribution in [0.3, 0.4) is 0 Å². The summed E-state index contributed by atoms with van der Waals surface area (Å²) in [5.41, 5.74) is 7.55. The van der Waals surface area contributed by atoms with Gasteiger partial charge in [-0.25, -0.2) is 0 Å². The number of nitrogens with zero attached hydrogens (tertiary/aromatic N) is 2. The lowest BCUT2D eigenvalue weighted by molar-refractivity contribution is -0.130. The number of hydrogen-bond acceptors (Lipinski definition) is 4. The molecule has 102 valence electrons. The lowest BCUT2D eigenvalue weighted by atomic mass is 10.3. The van der Waals surface area contributed by atoms with Gasteiger partial charge in [0, 0.05) is 32.4 Å². The maximum Gasteiger partial charge on any atom is 0.250 e. The third kappa shape index (κ3) is 4.12. The van der Waals surface area contributed by atoms with Crippen molar-refractivity contribution in [3.05, 3.63) is 17.5 Å². The maximum atomic E-state index is 11.5. The van der Waals surface area contributed by atoms with E-state index in [9.17, 15) is 4.79 Å².